The van der Waals surface area contributed by atoms with Crippen molar-refractivity contribution in [1.29, 1.82) is 0 Å². The van der Waals surface area contributed by atoms with Crippen LogP contribution >= 0.6 is 0 Å². The van der Waals surface area contributed by atoms with Gasteiger partial charge in [0.2, 0.25) is 6.29 Å². The number of carbonyl (C=O) groups is 1. The van der Waals surface area contributed by atoms with Gasteiger partial charge in [-0.15, -0.1) is 0 Å². The van der Waals surface area contributed by atoms with Gasteiger partial charge < -0.3 is 19.5 Å². The smallest absolute Gasteiger partial charge is 0.288 e. The van der Waals surface area contributed by atoms with Crippen LogP contribution in [0.1, 0.15) is 55.2 Å². The lowest BCUT2D eigenvalue weighted by Gasteiger charge is -2.38. The summed E-state index contributed by atoms with van der Waals surface area (Å²) in [5.41, 5.74) is 3.23. The molecule has 2 atom stereocenters. The van der Waals surface area contributed by atoms with Gasteiger partial charge in [-0.1, -0.05) is 73.9 Å². The van der Waals surface area contributed by atoms with Crippen molar-refractivity contribution in [3.8, 4) is 0 Å². The van der Waals surface area contributed by atoms with E-state index in [0.717, 1.165) is 37.2 Å². The summed E-state index contributed by atoms with van der Waals surface area (Å²) >= 11 is 0. The monoisotopic (exact) mass is 504 g/mol. The SMILES string of the molecule is O=C(C1=C[C@@H](C2CCCCC2)C[C@@H](OCc2ccc(CO)cc2)O1)N1CCN(Cc2ccccc2)CC1. The number of aliphatic hydroxyl groups is 1. The molecule has 0 unspecified atom stereocenters. The van der Waals surface area contributed by atoms with Gasteiger partial charge in [0.15, 0.2) is 5.76 Å². The van der Waals surface area contributed by atoms with E-state index in [2.05, 4.69) is 35.2 Å². The Bertz CT molecular complexity index is 1020. The average Bonchev–Trinajstić information content (AvgIpc) is 2.97. The highest BCUT2D eigenvalue weighted by atomic mass is 16.7. The number of hydrogen-bond donors (Lipinski definition) is 1. The van der Waals surface area contributed by atoms with E-state index in [0.29, 0.717) is 37.3 Å². The molecule has 1 saturated carbocycles. The number of benzene rings is 2. The third-order valence-corrected chi connectivity index (χ3v) is 8.10. The Balaban J connectivity index is 1.21. The molecule has 6 nitrogen and oxygen atoms in total. The topological polar surface area (TPSA) is 62.2 Å². The van der Waals surface area contributed by atoms with Crippen LogP contribution in [-0.2, 0) is 34.0 Å². The summed E-state index contributed by atoms with van der Waals surface area (Å²) in [5.74, 6) is 1.38. The number of ether oxygens (including phenoxy) is 2. The highest BCUT2D eigenvalue weighted by Gasteiger charge is 2.35. The highest BCUT2D eigenvalue weighted by Crippen LogP contribution is 2.37. The molecule has 2 aromatic carbocycles. The molecule has 1 N–H and O–H groups in total. The molecule has 2 heterocycles. The molecule has 2 fully saturated rings. The Hall–Kier alpha value is -2.67. The molecule has 2 aliphatic heterocycles. The molecular formula is C31H40N2O4. The van der Waals surface area contributed by atoms with E-state index in [1.807, 2.05) is 35.2 Å². The van der Waals surface area contributed by atoms with Crippen molar-refractivity contribution in [2.75, 3.05) is 26.2 Å². The van der Waals surface area contributed by atoms with Crippen LogP contribution in [0.4, 0.5) is 0 Å². The number of piperazine rings is 1. The van der Waals surface area contributed by atoms with Crippen molar-refractivity contribution in [1.82, 2.24) is 9.80 Å². The second-order valence-electron chi connectivity index (χ2n) is 10.7. The first-order valence-corrected chi connectivity index (χ1v) is 13.9. The fourth-order valence-corrected chi connectivity index (χ4v) is 5.86. The van der Waals surface area contributed by atoms with Crippen LogP contribution < -0.4 is 0 Å². The molecule has 1 aliphatic carbocycles. The molecule has 1 amide bonds. The van der Waals surface area contributed by atoms with Gasteiger partial charge in [-0.3, -0.25) is 9.69 Å². The fourth-order valence-electron chi connectivity index (χ4n) is 5.86. The number of amides is 1. The summed E-state index contributed by atoms with van der Waals surface area (Å²) in [7, 11) is 0. The molecule has 0 aromatic heterocycles. The van der Waals surface area contributed by atoms with E-state index in [9.17, 15) is 9.90 Å². The van der Waals surface area contributed by atoms with Crippen LogP contribution in [0.3, 0.4) is 0 Å². The van der Waals surface area contributed by atoms with Crippen molar-refractivity contribution in [2.45, 2.75) is 64.6 Å². The van der Waals surface area contributed by atoms with Crippen LogP contribution in [0.5, 0.6) is 0 Å². The fraction of sp³-hybridized carbons (Fsp3) is 0.516. The Labute approximate surface area is 220 Å². The third kappa shape index (κ3) is 7.01. The summed E-state index contributed by atoms with van der Waals surface area (Å²) < 4.78 is 12.4. The molecule has 37 heavy (non-hydrogen) atoms. The summed E-state index contributed by atoms with van der Waals surface area (Å²) in [4.78, 5) is 17.9. The van der Waals surface area contributed by atoms with Crippen LogP contribution in [-0.4, -0.2) is 53.3 Å². The van der Waals surface area contributed by atoms with Crippen molar-refractivity contribution < 1.29 is 19.4 Å². The summed E-state index contributed by atoms with van der Waals surface area (Å²) in [6.45, 7) is 4.53. The van der Waals surface area contributed by atoms with Gasteiger partial charge in [0.05, 0.1) is 13.2 Å². The minimum absolute atomic E-state index is 0.000712. The van der Waals surface area contributed by atoms with E-state index >= 15 is 0 Å². The number of rotatable bonds is 8. The second kappa shape index (κ2) is 12.7. The molecule has 0 spiro atoms. The summed E-state index contributed by atoms with van der Waals surface area (Å²) in [6.07, 6.45) is 8.77. The van der Waals surface area contributed by atoms with Gasteiger partial charge >= 0.3 is 0 Å². The number of carbonyl (C=O) groups excluding carboxylic acids is 1. The second-order valence-corrected chi connectivity index (χ2v) is 10.7. The van der Waals surface area contributed by atoms with Crippen LogP contribution in [0.2, 0.25) is 0 Å². The zero-order chi connectivity index (χ0) is 25.5. The number of nitrogens with zero attached hydrogens (tertiary/aromatic N) is 2. The van der Waals surface area contributed by atoms with E-state index in [4.69, 9.17) is 9.47 Å². The number of allylic oxidation sites excluding steroid dienone is 1. The van der Waals surface area contributed by atoms with Crippen LogP contribution in [0.25, 0.3) is 0 Å². The van der Waals surface area contributed by atoms with Gasteiger partial charge in [0.25, 0.3) is 5.91 Å². The van der Waals surface area contributed by atoms with Gasteiger partial charge in [0.1, 0.15) is 0 Å². The lowest BCUT2D eigenvalue weighted by molar-refractivity contribution is -0.161. The number of aliphatic hydroxyl groups excluding tert-OH is 1. The maximum absolute atomic E-state index is 13.6. The van der Waals surface area contributed by atoms with Crippen molar-refractivity contribution in [3.05, 3.63) is 83.1 Å². The standard InChI is InChI=1S/C31H40N2O4/c34-22-25-11-13-26(14-12-25)23-36-30-20-28(27-9-5-2-6-10-27)19-29(37-30)31(35)33-17-15-32(16-18-33)21-24-7-3-1-4-8-24/h1,3-4,7-8,11-14,19,27-28,30,34H,2,5-6,9-10,15-18,20-23H2/t28-,30+/m1/s1. The van der Waals surface area contributed by atoms with Crippen molar-refractivity contribution in [3.63, 3.8) is 0 Å². The van der Waals surface area contributed by atoms with E-state index in [1.165, 1.54) is 37.7 Å². The van der Waals surface area contributed by atoms with E-state index in [1.54, 1.807) is 0 Å². The quantitative estimate of drug-likeness (QED) is 0.556. The normalized spacial score (nSPS) is 23.4. The zero-order valence-electron chi connectivity index (χ0n) is 21.8. The van der Waals surface area contributed by atoms with Crippen molar-refractivity contribution >= 4 is 5.91 Å². The largest absolute Gasteiger partial charge is 0.459 e. The molecule has 2 aromatic rings. The first kappa shape index (κ1) is 26.0. The van der Waals surface area contributed by atoms with E-state index < -0.39 is 6.29 Å². The lowest BCUT2D eigenvalue weighted by Crippen LogP contribution is -2.49. The van der Waals surface area contributed by atoms with Gasteiger partial charge in [-0.05, 0) is 47.4 Å². The number of hydrogen-bond acceptors (Lipinski definition) is 5. The van der Waals surface area contributed by atoms with Gasteiger partial charge in [0, 0.05) is 39.1 Å². The van der Waals surface area contributed by atoms with Crippen LogP contribution in [0, 0.1) is 11.8 Å². The molecule has 0 radical (unpaired) electrons. The highest BCUT2D eigenvalue weighted by molar-refractivity contribution is 5.91. The minimum Gasteiger partial charge on any atom is -0.459 e. The molecule has 5 rings (SSSR count). The Morgan fingerprint density at radius 3 is 2.30 bits per heavy atom. The molecule has 6 heteroatoms. The maximum atomic E-state index is 13.6. The average molecular weight is 505 g/mol. The Morgan fingerprint density at radius 2 is 1.59 bits per heavy atom. The third-order valence-electron chi connectivity index (χ3n) is 8.10. The molecule has 1 saturated heterocycles. The predicted octanol–water partition coefficient (Wildman–Crippen LogP) is 4.87. The minimum atomic E-state index is -0.423. The zero-order valence-corrected chi connectivity index (χ0v) is 21.8. The first-order valence-electron chi connectivity index (χ1n) is 13.9. The Morgan fingerprint density at radius 1 is 0.892 bits per heavy atom. The molecule has 198 valence electrons. The lowest BCUT2D eigenvalue weighted by atomic mass is 9.77. The molecule has 0 bridgehead atoms. The maximum Gasteiger partial charge on any atom is 0.288 e. The molecular weight excluding hydrogens is 464 g/mol. The molecule has 3 aliphatic rings. The Kier molecular flexibility index (Phi) is 8.93. The summed E-state index contributed by atoms with van der Waals surface area (Å²) in [5, 5.41) is 9.29. The first-order chi connectivity index (χ1) is 18.2. The van der Waals surface area contributed by atoms with Gasteiger partial charge in [-0.2, -0.15) is 0 Å². The van der Waals surface area contributed by atoms with E-state index in [-0.39, 0.29) is 12.5 Å². The summed E-state index contributed by atoms with van der Waals surface area (Å²) in [6, 6.07) is 18.3. The van der Waals surface area contributed by atoms with Crippen molar-refractivity contribution in [2.24, 2.45) is 11.8 Å². The van der Waals surface area contributed by atoms with Gasteiger partial charge in [-0.25, -0.2) is 0 Å². The predicted molar refractivity (Wildman–Crippen MR) is 143 cm³/mol. The van der Waals surface area contributed by atoms with Crippen LogP contribution in [0.15, 0.2) is 66.4 Å².